The van der Waals surface area contributed by atoms with E-state index in [0.29, 0.717) is 11.8 Å². The maximum Gasteiger partial charge on any atom is 0.252 e. The summed E-state index contributed by atoms with van der Waals surface area (Å²) in [5.74, 6) is 0.364. The number of aromatic nitrogens is 3. The summed E-state index contributed by atoms with van der Waals surface area (Å²) in [5.41, 5.74) is 3.63. The first kappa shape index (κ1) is 17.0. The summed E-state index contributed by atoms with van der Waals surface area (Å²) in [6.45, 7) is 3.89. The summed E-state index contributed by atoms with van der Waals surface area (Å²) < 4.78 is 1.49. The molecule has 7 nitrogen and oxygen atoms in total. The van der Waals surface area contributed by atoms with Crippen molar-refractivity contribution >= 4 is 23.5 Å². The van der Waals surface area contributed by atoms with Crippen molar-refractivity contribution in [1.29, 1.82) is 0 Å². The predicted octanol–water partition coefficient (Wildman–Crippen LogP) is 3.08. The molecule has 2 N–H and O–H groups in total. The van der Waals surface area contributed by atoms with Gasteiger partial charge in [-0.2, -0.15) is 4.98 Å². The molecule has 1 atom stereocenters. The van der Waals surface area contributed by atoms with Crippen molar-refractivity contribution in [2.45, 2.75) is 26.3 Å². The average Bonchev–Trinajstić information content (AvgIpc) is 3.18. The highest BCUT2D eigenvalue weighted by Gasteiger charge is 2.35. The molecule has 27 heavy (non-hydrogen) atoms. The second-order valence-corrected chi connectivity index (χ2v) is 6.65. The lowest BCUT2D eigenvalue weighted by atomic mass is 10.1. The average molecular weight is 361 g/mol. The van der Waals surface area contributed by atoms with Crippen molar-refractivity contribution in [3.63, 3.8) is 0 Å². The summed E-state index contributed by atoms with van der Waals surface area (Å²) >= 11 is 0. The summed E-state index contributed by atoms with van der Waals surface area (Å²) in [5, 5.41) is 10.0. The molecule has 0 bridgehead atoms. The predicted molar refractivity (Wildman–Crippen MR) is 102 cm³/mol. The molecule has 3 aromatic rings. The van der Waals surface area contributed by atoms with Crippen LogP contribution in [-0.2, 0) is 9.59 Å². The van der Waals surface area contributed by atoms with Crippen LogP contribution < -0.4 is 10.6 Å². The third-order valence-corrected chi connectivity index (χ3v) is 4.54. The van der Waals surface area contributed by atoms with Crippen molar-refractivity contribution in [2.75, 3.05) is 10.6 Å². The zero-order valence-corrected chi connectivity index (χ0v) is 15.1. The lowest BCUT2D eigenvalue weighted by Crippen LogP contribution is -2.24. The Balaban J connectivity index is 1.53. The van der Waals surface area contributed by atoms with Gasteiger partial charge in [0, 0.05) is 11.3 Å². The van der Waals surface area contributed by atoms with Crippen molar-refractivity contribution in [2.24, 2.45) is 0 Å². The summed E-state index contributed by atoms with van der Waals surface area (Å²) in [6, 6.07) is 14.6. The molecule has 0 aliphatic carbocycles. The van der Waals surface area contributed by atoms with E-state index in [4.69, 9.17) is 0 Å². The van der Waals surface area contributed by atoms with Crippen molar-refractivity contribution in [3.05, 3.63) is 59.7 Å². The largest absolute Gasteiger partial charge is 0.326 e. The van der Waals surface area contributed by atoms with Gasteiger partial charge in [-0.15, -0.1) is 5.10 Å². The number of amides is 2. The van der Waals surface area contributed by atoms with E-state index in [0.717, 1.165) is 22.4 Å². The minimum atomic E-state index is -0.713. The van der Waals surface area contributed by atoms with Crippen molar-refractivity contribution in [3.8, 4) is 11.4 Å². The number of hydrogen-bond donors (Lipinski definition) is 2. The van der Waals surface area contributed by atoms with Gasteiger partial charge in [-0.1, -0.05) is 42.5 Å². The number of rotatable bonds is 4. The van der Waals surface area contributed by atoms with Gasteiger partial charge in [0.15, 0.2) is 5.82 Å². The van der Waals surface area contributed by atoms with Crippen LogP contribution >= 0.6 is 0 Å². The monoisotopic (exact) mass is 361 g/mol. The molecular weight excluding hydrogens is 342 g/mol. The number of carbonyl (C=O) groups excluding carboxylic acids is 2. The molecule has 0 radical (unpaired) electrons. The highest BCUT2D eigenvalue weighted by atomic mass is 16.2. The lowest BCUT2D eigenvalue weighted by molar-refractivity contribution is -0.123. The third-order valence-electron chi connectivity index (χ3n) is 4.54. The molecule has 2 aromatic carbocycles. The van der Waals surface area contributed by atoms with Crippen LogP contribution in [0.25, 0.3) is 11.4 Å². The SMILES string of the molecule is Cc1ccc(C)c(NC(=O)C[C@@H]2C(=O)Nc3nc(-c4ccccc4)nn32)c1. The van der Waals surface area contributed by atoms with Gasteiger partial charge in [0.1, 0.15) is 6.04 Å². The van der Waals surface area contributed by atoms with E-state index < -0.39 is 6.04 Å². The van der Waals surface area contributed by atoms with E-state index >= 15 is 0 Å². The van der Waals surface area contributed by atoms with Gasteiger partial charge >= 0.3 is 0 Å². The van der Waals surface area contributed by atoms with Gasteiger partial charge in [0.25, 0.3) is 5.91 Å². The Morgan fingerprint density at radius 1 is 1.19 bits per heavy atom. The number of fused-ring (bicyclic) bond motifs is 1. The van der Waals surface area contributed by atoms with Gasteiger partial charge < -0.3 is 5.32 Å². The molecule has 7 heteroatoms. The topological polar surface area (TPSA) is 88.9 Å². The number of nitrogens with zero attached hydrogens (tertiary/aromatic N) is 3. The van der Waals surface area contributed by atoms with Gasteiger partial charge in [0.2, 0.25) is 11.9 Å². The second kappa shape index (κ2) is 6.68. The number of anilines is 2. The van der Waals surface area contributed by atoms with Crippen LogP contribution in [0.4, 0.5) is 11.6 Å². The number of hydrogen-bond acceptors (Lipinski definition) is 4. The Morgan fingerprint density at radius 2 is 1.96 bits per heavy atom. The minimum absolute atomic E-state index is 0.0101. The van der Waals surface area contributed by atoms with E-state index in [9.17, 15) is 9.59 Å². The Kier molecular flexibility index (Phi) is 4.19. The molecule has 0 unspecified atom stereocenters. The highest BCUT2D eigenvalue weighted by Crippen LogP contribution is 2.28. The Hall–Kier alpha value is -3.48. The number of nitrogens with one attached hydrogen (secondary N) is 2. The molecule has 4 rings (SSSR count). The minimum Gasteiger partial charge on any atom is -0.326 e. The Labute approximate surface area is 156 Å². The van der Waals surface area contributed by atoms with Gasteiger partial charge in [-0.05, 0) is 31.0 Å². The lowest BCUT2D eigenvalue weighted by Gasteiger charge is -2.12. The third kappa shape index (κ3) is 3.31. The number of aryl methyl sites for hydroxylation is 2. The molecule has 0 fully saturated rings. The molecular formula is C20H19N5O2. The Bertz CT molecular complexity index is 1030. The molecule has 1 aromatic heterocycles. The van der Waals surface area contributed by atoms with Crippen molar-refractivity contribution < 1.29 is 9.59 Å². The van der Waals surface area contributed by atoms with E-state index in [1.54, 1.807) is 0 Å². The van der Waals surface area contributed by atoms with Crippen LogP contribution in [0, 0.1) is 13.8 Å². The molecule has 0 saturated heterocycles. The maximum absolute atomic E-state index is 12.5. The van der Waals surface area contributed by atoms with Gasteiger partial charge in [-0.3, -0.25) is 14.9 Å². The van der Waals surface area contributed by atoms with Crippen molar-refractivity contribution in [1.82, 2.24) is 14.8 Å². The zero-order chi connectivity index (χ0) is 19.0. The number of benzene rings is 2. The van der Waals surface area contributed by atoms with Crippen LogP contribution in [0.1, 0.15) is 23.6 Å². The van der Waals surface area contributed by atoms with Gasteiger partial charge in [0.05, 0.1) is 6.42 Å². The molecule has 0 spiro atoms. The first-order valence-corrected chi connectivity index (χ1v) is 8.71. The van der Waals surface area contributed by atoms with Crippen LogP contribution in [0.2, 0.25) is 0 Å². The molecule has 2 heterocycles. The molecule has 0 saturated carbocycles. The first-order chi connectivity index (χ1) is 13.0. The van der Waals surface area contributed by atoms with E-state index in [-0.39, 0.29) is 18.2 Å². The van der Waals surface area contributed by atoms with Crippen LogP contribution in [-0.4, -0.2) is 26.6 Å². The Morgan fingerprint density at radius 3 is 2.74 bits per heavy atom. The summed E-state index contributed by atoms with van der Waals surface area (Å²) in [4.78, 5) is 29.1. The summed E-state index contributed by atoms with van der Waals surface area (Å²) in [6.07, 6.45) is -0.0101. The summed E-state index contributed by atoms with van der Waals surface area (Å²) in [7, 11) is 0. The smallest absolute Gasteiger partial charge is 0.252 e. The fraction of sp³-hybridized carbons (Fsp3) is 0.200. The molecule has 136 valence electrons. The fourth-order valence-corrected chi connectivity index (χ4v) is 3.07. The molecule has 2 amide bonds. The molecule has 1 aliphatic heterocycles. The quantitative estimate of drug-likeness (QED) is 0.747. The second-order valence-electron chi connectivity index (χ2n) is 6.65. The van der Waals surface area contributed by atoms with E-state index in [1.165, 1.54) is 4.68 Å². The van der Waals surface area contributed by atoms with Crippen LogP contribution in [0.5, 0.6) is 0 Å². The standard InChI is InChI=1S/C20H19N5O2/c1-12-8-9-13(2)15(10-12)21-17(26)11-16-19(27)23-20-22-18(24-25(16)20)14-6-4-3-5-7-14/h3-10,16H,11H2,1-2H3,(H,21,26)(H,22,23,24,27)/t16-/m1/s1. The van der Waals surface area contributed by atoms with Crippen LogP contribution in [0.15, 0.2) is 48.5 Å². The van der Waals surface area contributed by atoms with Crippen LogP contribution in [0.3, 0.4) is 0 Å². The maximum atomic E-state index is 12.5. The zero-order valence-electron chi connectivity index (χ0n) is 15.1. The van der Waals surface area contributed by atoms with E-state index in [2.05, 4.69) is 20.7 Å². The fourth-order valence-electron chi connectivity index (χ4n) is 3.07. The van der Waals surface area contributed by atoms with Gasteiger partial charge in [-0.25, -0.2) is 4.68 Å². The van der Waals surface area contributed by atoms with E-state index in [1.807, 2.05) is 62.4 Å². The molecule has 1 aliphatic rings. The highest BCUT2D eigenvalue weighted by molar-refractivity contribution is 6.01. The first-order valence-electron chi connectivity index (χ1n) is 8.71. The number of carbonyl (C=O) groups is 2. The normalized spacial score (nSPS) is 15.3.